The molecule has 1 unspecified atom stereocenters. The van der Waals surface area contributed by atoms with Crippen molar-refractivity contribution in [1.29, 1.82) is 0 Å². The second kappa shape index (κ2) is 4.30. The SMILES string of the molecule is O=C(O)c1cc2n(n1)C(=O)C(c1ccccc1)C(=O)N2. The normalized spacial score (nSPS) is 17.5. The Kier molecular flexibility index (Phi) is 2.60. The Balaban J connectivity index is 2.07. The second-order valence-electron chi connectivity index (χ2n) is 4.30. The minimum Gasteiger partial charge on any atom is -0.476 e. The van der Waals surface area contributed by atoms with E-state index in [4.69, 9.17) is 5.11 Å². The van der Waals surface area contributed by atoms with Crippen LogP contribution in [-0.2, 0) is 4.79 Å². The molecule has 1 amide bonds. The van der Waals surface area contributed by atoms with E-state index in [0.29, 0.717) is 5.56 Å². The number of amides is 1. The highest BCUT2D eigenvalue weighted by atomic mass is 16.4. The van der Waals surface area contributed by atoms with Gasteiger partial charge in [-0.25, -0.2) is 4.79 Å². The molecule has 1 atom stereocenters. The van der Waals surface area contributed by atoms with Crippen molar-refractivity contribution in [3.8, 4) is 0 Å². The van der Waals surface area contributed by atoms with E-state index >= 15 is 0 Å². The molecule has 0 fully saturated rings. The number of carboxylic acid groups (broad SMARTS) is 1. The summed E-state index contributed by atoms with van der Waals surface area (Å²) in [6, 6.07) is 9.69. The lowest BCUT2D eigenvalue weighted by Gasteiger charge is -2.21. The molecule has 2 N–H and O–H groups in total. The van der Waals surface area contributed by atoms with Crippen LogP contribution < -0.4 is 5.32 Å². The number of benzene rings is 1. The molecule has 20 heavy (non-hydrogen) atoms. The molecule has 2 aromatic rings. The number of aromatic nitrogens is 2. The van der Waals surface area contributed by atoms with Crippen molar-refractivity contribution in [3.63, 3.8) is 0 Å². The fourth-order valence-corrected chi connectivity index (χ4v) is 2.11. The predicted molar refractivity (Wildman–Crippen MR) is 67.6 cm³/mol. The molecule has 0 saturated carbocycles. The minimum absolute atomic E-state index is 0.0737. The minimum atomic E-state index is -1.26. The number of carbonyl (C=O) groups excluding carboxylic acids is 2. The Morgan fingerprint density at radius 3 is 2.60 bits per heavy atom. The average Bonchev–Trinajstić information content (AvgIpc) is 2.84. The number of carbonyl (C=O) groups is 3. The summed E-state index contributed by atoms with van der Waals surface area (Å²) in [5.41, 5.74) is 0.246. The molecule has 0 bridgehead atoms. The van der Waals surface area contributed by atoms with Crippen LogP contribution >= 0.6 is 0 Å². The number of aromatic carboxylic acids is 1. The molecule has 100 valence electrons. The maximum atomic E-state index is 12.3. The third-order valence-corrected chi connectivity index (χ3v) is 3.03. The van der Waals surface area contributed by atoms with Crippen molar-refractivity contribution in [2.45, 2.75) is 5.92 Å². The standard InChI is InChI=1S/C13H9N3O4/c17-11-10(7-4-2-1-3-5-7)12(18)16-9(14-11)6-8(15-16)13(19)20/h1-6,10H,(H,14,17)(H,19,20). The summed E-state index contributed by atoms with van der Waals surface area (Å²) < 4.78 is 0.919. The van der Waals surface area contributed by atoms with E-state index in [9.17, 15) is 14.4 Å². The number of fused-ring (bicyclic) bond motifs is 1. The lowest BCUT2D eigenvalue weighted by molar-refractivity contribution is -0.117. The Hall–Kier alpha value is -2.96. The van der Waals surface area contributed by atoms with E-state index in [1.807, 2.05) is 0 Å². The number of nitrogens with one attached hydrogen (secondary N) is 1. The lowest BCUT2D eigenvalue weighted by Crippen LogP contribution is -2.38. The number of anilines is 1. The molecule has 3 rings (SSSR count). The monoisotopic (exact) mass is 271 g/mol. The molecule has 0 aliphatic carbocycles. The van der Waals surface area contributed by atoms with Gasteiger partial charge in [-0.3, -0.25) is 9.59 Å². The van der Waals surface area contributed by atoms with Crippen LogP contribution in [0.2, 0.25) is 0 Å². The number of nitrogens with zero attached hydrogens (tertiary/aromatic N) is 2. The Labute approximate surface area is 112 Å². The summed E-state index contributed by atoms with van der Waals surface area (Å²) in [7, 11) is 0. The highest BCUT2D eigenvalue weighted by Gasteiger charge is 2.37. The van der Waals surface area contributed by atoms with E-state index in [-0.39, 0.29) is 11.5 Å². The van der Waals surface area contributed by atoms with E-state index in [1.165, 1.54) is 0 Å². The number of carboxylic acids is 1. The molecule has 7 heteroatoms. The second-order valence-corrected chi connectivity index (χ2v) is 4.30. The zero-order valence-corrected chi connectivity index (χ0v) is 10.1. The van der Waals surface area contributed by atoms with Crippen molar-refractivity contribution in [3.05, 3.63) is 47.7 Å². The van der Waals surface area contributed by atoms with Gasteiger partial charge in [-0.1, -0.05) is 30.3 Å². The number of hydrogen-bond donors (Lipinski definition) is 2. The average molecular weight is 271 g/mol. The summed E-state index contributed by atoms with van der Waals surface area (Å²) in [5, 5.41) is 15.1. The Morgan fingerprint density at radius 2 is 1.95 bits per heavy atom. The van der Waals surface area contributed by atoms with Gasteiger partial charge in [-0.05, 0) is 5.56 Å². The molecule has 7 nitrogen and oxygen atoms in total. The molecule has 1 aromatic carbocycles. The van der Waals surface area contributed by atoms with Gasteiger partial charge >= 0.3 is 5.97 Å². The van der Waals surface area contributed by atoms with Crippen LogP contribution in [0.1, 0.15) is 26.8 Å². The van der Waals surface area contributed by atoms with Gasteiger partial charge in [0.25, 0.3) is 5.91 Å². The predicted octanol–water partition coefficient (Wildman–Crippen LogP) is 0.957. The first-order chi connectivity index (χ1) is 9.58. The first kappa shape index (κ1) is 12.1. The molecule has 1 aliphatic rings. The maximum absolute atomic E-state index is 12.3. The zero-order chi connectivity index (χ0) is 14.3. The summed E-state index contributed by atoms with van der Waals surface area (Å²) >= 11 is 0. The summed E-state index contributed by atoms with van der Waals surface area (Å²) in [6.07, 6.45) is 0. The quantitative estimate of drug-likeness (QED) is 0.792. The molecule has 0 radical (unpaired) electrons. The van der Waals surface area contributed by atoms with Crippen molar-refractivity contribution in [2.24, 2.45) is 0 Å². The van der Waals surface area contributed by atoms with Gasteiger partial charge in [0.1, 0.15) is 11.7 Å². The fraction of sp³-hybridized carbons (Fsp3) is 0.0769. The van der Waals surface area contributed by atoms with Crippen molar-refractivity contribution in [1.82, 2.24) is 9.78 Å². The van der Waals surface area contributed by atoms with Crippen molar-refractivity contribution >= 4 is 23.6 Å². The van der Waals surface area contributed by atoms with Crippen LogP contribution in [0.25, 0.3) is 0 Å². The highest BCUT2D eigenvalue weighted by Crippen LogP contribution is 2.26. The van der Waals surface area contributed by atoms with Gasteiger partial charge in [0, 0.05) is 6.07 Å². The lowest BCUT2D eigenvalue weighted by atomic mass is 9.96. The smallest absolute Gasteiger partial charge is 0.356 e. The molecule has 0 spiro atoms. The van der Waals surface area contributed by atoms with Crippen molar-refractivity contribution in [2.75, 3.05) is 5.32 Å². The summed E-state index contributed by atoms with van der Waals surface area (Å²) in [5.74, 6) is -3.27. The Bertz CT molecular complexity index is 720. The van der Waals surface area contributed by atoms with E-state index in [0.717, 1.165) is 10.7 Å². The summed E-state index contributed by atoms with van der Waals surface area (Å²) in [4.78, 5) is 35.2. The van der Waals surface area contributed by atoms with E-state index < -0.39 is 23.7 Å². The van der Waals surface area contributed by atoms with E-state index in [2.05, 4.69) is 10.4 Å². The van der Waals surface area contributed by atoms with Gasteiger partial charge in [0.05, 0.1) is 0 Å². The molecule has 2 heterocycles. The topological polar surface area (TPSA) is 101 Å². The molecule has 1 aromatic heterocycles. The van der Waals surface area contributed by atoms with Gasteiger partial charge in [-0.2, -0.15) is 9.78 Å². The van der Waals surface area contributed by atoms with Crippen molar-refractivity contribution < 1.29 is 19.5 Å². The molecule has 1 aliphatic heterocycles. The van der Waals surface area contributed by atoms with Gasteiger partial charge in [0.15, 0.2) is 5.69 Å². The van der Waals surface area contributed by atoms with Crippen LogP contribution in [0.5, 0.6) is 0 Å². The van der Waals surface area contributed by atoms with Crippen LogP contribution in [-0.4, -0.2) is 32.7 Å². The van der Waals surface area contributed by atoms with Crippen LogP contribution in [0.4, 0.5) is 5.82 Å². The van der Waals surface area contributed by atoms with Crippen LogP contribution in [0.3, 0.4) is 0 Å². The fourth-order valence-electron chi connectivity index (χ4n) is 2.11. The maximum Gasteiger partial charge on any atom is 0.356 e. The molecule has 0 saturated heterocycles. The Morgan fingerprint density at radius 1 is 1.25 bits per heavy atom. The first-order valence-electron chi connectivity index (χ1n) is 5.81. The van der Waals surface area contributed by atoms with Gasteiger partial charge in [0.2, 0.25) is 5.91 Å². The van der Waals surface area contributed by atoms with E-state index in [1.54, 1.807) is 30.3 Å². The zero-order valence-electron chi connectivity index (χ0n) is 10.1. The largest absolute Gasteiger partial charge is 0.476 e. The first-order valence-corrected chi connectivity index (χ1v) is 5.81. The summed E-state index contributed by atoms with van der Waals surface area (Å²) in [6.45, 7) is 0. The highest BCUT2D eigenvalue weighted by molar-refractivity contribution is 6.15. The van der Waals surface area contributed by atoms with Crippen LogP contribution in [0.15, 0.2) is 36.4 Å². The third-order valence-electron chi connectivity index (χ3n) is 3.03. The van der Waals surface area contributed by atoms with Gasteiger partial charge in [-0.15, -0.1) is 0 Å². The van der Waals surface area contributed by atoms with Crippen LogP contribution in [0, 0.1) is 0 Å². The van der Waals surface area contributed by atoms with Gasteiger partial charge < -0.3 is 10.4 Å². The number of hydrogen-bond acceptors (Lipinski definition) is 4. The molecular weight excluding hydrogens is 262 g/mol. The number of rotatable bonds is 2. The third kappa shape index (κ3) is 1.76. The molecular formula is C13H9N3O4.